The molecule has 1 heterocycles. The van der Waals surface area contributed by atoms with Gasteiger partial charge in [-0.3, -0.25) is 0 Å². The van der Waals surface area contributed by atoms with Crippen molar-refractivity contribution in [2.75, 3.05) is 32.7 Å². The molecule has 0 N–H and O–H groups in total. The largest absolute Gasteiger partial charge is 0.422 e. The van der Waals surface area contributed by atoms with Crippen LogP contribution in [0.25, 0.3) is 0 Å². The maximum Gasteiger partial charge on any atom is 0.163 e. The van der Waals surface area contributed by atoms with Gasteiger partial charge >= 0.3 is 0 Å². The van der Waals surface area contributed by atoms with Crippen molar-refractivity contribution in [3.63, 3.8) is 0 Å². The lowest BCUT2D eigenvalue weighted by molar-refractivity contribution is 0.185. The van der Waals surface area contributed by atoms with Crippen LogP contribution < -0.4 is 0 Å². The predicted molar refractivity (Wildman–Crippen MR) is 94.8 cm³/mol. The van der Waals surface area contributed by atoms with E-state index in [9.17, 15) is 0 Å². The zero-order valence-electron chi connectivity index (χ0n) is 14.5. The molecule has 0 unspecified atom stereocenters. The fourth-order valence-electron chi connectivity index (χ4n) is 3.47. The molecule has 0 bridgehead atoms. The Hall–Kier alpha value is 0.314. The maximum atomic E-state index is 5.77. The zero-order valence-corrected chi connectivity index (χ0v) is 16.9. The summed E-state index contributed by atoms with van der Waals surface area (Å²) in [5.41, 5.74) is 0. The van der Waals surface area contributed by atoms with Gasteiger partial charge in [0, 0.05) is 32.3 Å². The Morgan fingerprint density at radius 1 is 1.00 bits per heavy atom. The van der Waals surface area contributed by atoms with Crippen LogP contribution in [-0.4, -0.2) is 66.3 Å². The number of hydrogen-bond acceptors (Lipinski definition) is 3. The van der Waals surface area contributed by atoms with Crippen LogP contribution in [0, 0.1) is 0 Å². The molecule has 0 aromatic rings. The minimum atomic E-state index is -1.11. The summed E-state index contributed by atoms with van der Waals surface area (Å²) >= 11 is 0. The maximum absolute atomic E-state index is 5.77. The van der Waals surface area contributed by atoms with Crippen molar-refractivity contribution in [2.45, 2.75) is 64.9 Å². The van der Waals surface area contributed by atoms with Crippen molar-refractivity contribution in [1.82, 2.24) is 9.47 Å². The molecule has 0 spiro atoms. The minimum Gasteiger partial charge on any atom is -0.422 e. The monoisotopic (exact) mass is 316 g/mol. The van der Waals surface area contributed by atoms with Crippen molar-refractivity contribution in [3.05, 3.63) is 0 Å². The van der Waals surface area contributed by atoms with Gasteiger partial charge in [-0.05, 0) is 44.6 Å². The molecular formula is C15H36N2OSi2. The van der Waals surface area contributed by atoms with Crippen LogP contribution >= 0.6 is 0 Å². The molecule has 0 aliphatic carbocycles. The number of rotatable bonds is 9. The minimum absolute atomic E-state index is 0.281. The first-order valence-electron chi connectivity index (χ1n) is 8.67. The molecule has 5 heteroatoms. The fraction of sp³-hybridized carbons (Fsp3) is 1.00. The molecule has 0 aromatic heterocycles. The molecule has 1 aliphatic heterocycles. The second-order valence-corrected chi connectivity index (χ2v) is 13.0. The van der Waals surface area contributed by atoms with Gasteiger partial charge in [-0.2, -0.15) is 0 Å². The molecule has 1 aliphatic rings. The highest BCUT2D eigenvalue weighted by Gasteiger charge is 2.35. The zero-order chi connectivity index (χ0) is 15.0. The number of nitrogens with zero attached hydrogens (tertiary/aromatic N) is 2. The Morgan fingerprint density at radius 2 is 1.55 bits per heavy atom. The molecule has 0 amide bonds. The van der Waals surface area contributed by atoms with Crippen molar-refractivity contribution < 1.29 is 4.43 Å². The van der Waals surface area contributed by atoms with E-state index in [1.54, 1.807) is 0 Å². The lowest BCUT2D eigenvalue weighted by Crippen LogP contribution is -2.59. The van der Waals surface area contributed by atoms with Crippen LogP contribution in [0.15, 0.2) is 0 Å². The van der Waals surface area contributed by atoms with Gasteiger partial charge < -0.3 is 13.9 Å². The van der Waals surface area contributed by atoms with E-state index in [4.69, 9.17) is 4.43 Å². The summed E-state index contributed by atoms with van der Waals surface area (Å²) in [6, 6.07) is 5.59. The fourth-order valence-corrected chi connectivity index (χ4v) is 8.68. The van der Waals surface area contributed by atoms with Gasteiger partial charge in [-0.1, -0.05) is 20.8 Å². The highest BCUT2D eigenvalue weighted by atomic mass is 28.3. The van der Waals surface area contributed by atoms with Crippen molar-refractivity contribution >= 4 is 18.0 Å². The van der Waals surface area contributed by atoms with E-state index < -0.39 is 8.24 Å². The molecule has 0 saturated carbocycles. The third-order valence-electron chi connectivity index (χ3n) is 5.09. The predicted octanol–water partition coefficient (Wildman–Crippen LogP) is 2.54. The lowest BCUT2D eigenvalue weighted by atomic mass is 10.4. The van der Waals surface area contributed by atoms with E-state index in [-0.39, 0.29) is 9.76 Å². The summed E-state index contributed by atoms with van der Waals surface area (Å²) in [5, 5.41) is 0. The standard InChI is InChI=1S/C15H36N2OSi2/c1-6-20(7-2,8-3)17-11-9-16(10-12-17)13-14-19-18-15(4)5/h15H,6-14,19H2,1-5H3. The molecule has 20 heavy (non-hydrogen) atoms. The Labute approximate surface area is 130 Å². The first kappa shape index (κ1) is 18.4. The van der Waals surface area contributed by atoms with E-state index in [1.165, 1.54) is 56.9 Å². The van der Waals surface area contributed by atoms with E-state index in [0.717, 1.165) is 0 Å². The summed E-state index contributed by atoms with van der Waals surface area (Å²) < 4.78 is 8.66. The van der Waals surface area contributed by atoms with Crippen LogP contribution in [-0.2, 0) is 4.43 Å². The SMILES string of the molecule is CC[Si](CC)(CC)N1CCN(CC[SiH2]OC(C)C)CC1. The van der Waals surface area contributed by atoms with Gasteiger partial charge in [0.1, 0.15) is 8.24 Å². The first-order valence-corrected chi connectivity index (χ1v) is 12.8. The topological polar surface area (TPSA) is 15.7 Å². The highest BCUT2D eigenvalue weighted by molar-refractivity contribution is 6.77. The van der Waals surface area contributed by atoms with Gasteiger partial charge in [0.05, 0.1) is 0 Å². The molecule has 3 nitrogen and oxygen atoms in total. The Balaban J connectivity index is 2.29. The Bertz CT molecular complexity index is 244. The first-order chi connectivity index (χ1) is 9.57. The molecule has 1 rings (SSSR count). The number of hydrogen-bond donors (Lipinski definition) is 0. The second-order valence-electron chi connectivity index (χ2n) is 6.39. The third-order valence-corrected chi connectivity index (χ3v) is 12.3. The van der Waals surface area contributed by atoms with Crippen LogP contribution in [0.2, 0.25) is 24.2 Å². The second kappa shape index (κ2) is 9.36. The molecule has 0 radical (unpaired) electrons. The van der Waals surface area contributed by atoms with Crippen molar-refractivity contribution in [3.8, 4) is 0 Å². The smallest absolute Gasteiger partial charge is 0.163 e. The van der Waals surface area contributed by atoms with E-state index in [1.807, 2.05) is 0 Å². The molecule has 1 saturated heterocycles. The number of piperazine rings is 1. The van der Waals surface area contributed by atoms with Gasteiger partial charge in [0.15, 0.2) is 9.76 Å². The van der Waals surface area contributed by atoms with Crippen LogP contribution in [0.4, 0.5) is 0 Å². The van der Waals surface area contributed by atoms with Gasteiger partial charge in [-0.15, -0.1) is 0 Å². The van der Waals surface area contributed by atoms with E-state index >= 15 is 0 Å². The lowest BCUT2D eigenvalue weighted by Gasteiger charge is -2.45. The molecular weight excluding hydrogens is 280 g/mol. The Kier molecular flexibility index (Phi) is 8.59. The van der Waals surface area contributed by atoms with Gasteiger partial charge in [0.25, 0.3) is 0 Å². The summed E-state index contributed by atoms with van der Waals surface area (Å²) in [6.45, 7) is 18.0. The quantitative estimate of drug-likeness (QED) is 0.480. The molecule has 1 fully saturated rings. The molecule has 0 aromatic carbocycles. The van der Waals surface area contributed by atoms with Crippen LogP contribution in [0.5, 0.6) is 0 Å². The summed E-state index contributed by atoms with van der Waals surface area (Å²) in [5.74, 6) is 0. The average Bonchev–Trinajstić information content (AvgIpc) is 2.47. The van der Waals surface area contributed by atoms with E-state index in [0.29, 0.717) is 6.10 Å². The Morgan fingerprint density at radius 3 is 2.00 bits per heavy atom. The van der Waals surface area contributed by atoms with Crippen LogP contribution in [0.3, 0.4) is 0 Å². The van der Waals surface area contributed by atoms with Gasteiger partial charge in [0.2, 0.25) is 0 Å². The third kappa shape index (κ3) is 5.26. The highest BCUT2D eigenvalue weighted by Crippen LogP contribution is 2.26. The molecule has 0 atom stereocenters. The van der Waals surface area contributed by atoms with E-state index in [2.05, 4.69) is 44.1 Å². The van der Waals surface area contributed by atoms with Crippen molar-refractivity contribution in [1.29, 1.82) is 0 Å². The normalized spacial score (nSPS) is 19.5. The van der Waals surface area contributed by atoms with Crippen molar-refractivity contribution in [2.24, 2.45) is 0 Å². The molecule has 120 valence electrons. The summed E-state index contributed by atoms with van der Waals surface area (Å²) in [6.07, 6.45) is 0.434. The average molecular weight is 317 g/mol. The summed E-state index contributed by atoms with van der Waals surface area (Å²) in [7, 11) is -1.39. The van der Waals surface area contributed by atoms with Crippen LogP contribution in [0.1, 0.15) is 34.6 Å². The van der Waals surface area contributed by atoms with Gasteiger partial charge in [-0.25, -0.2) is 0 Å². The summed E-state index contributed by atoms with van der Waals surface area (Å²) in [4.78, 5) is 2.66.